The van der Waals surface area contributed by atoms with Crippen molar-refractivity contribution in [3.8, 4) is 5.75 Å². The van der Waals surface area contributed by atoms with Crippen molar-refractivity contribution in [2.45, 2.75) is 33.4 Å². The van der Waals surface area contributed by atoms with Crippen molar-refractivity contribution in [3.63, 3.8) is 0 Å². The molecule has 108 valence electrons. The zero-order valence-corrected chi connectivity index (χ0v) is 12.7. The Balaban J connectivity index is 2.12. The second-order valence-electron chi connectivity index (χ2n) is 5.04. The van der Waals surface area contributed by atoms with Gasteiger partial charge in [0.2, 0.25) is 0 Å². The fraction of sp³-hybridized carbons (Fsp3) is 0.438. The Morgan fingerprint density at radius 1 is 1.40 bits per heavy atom. The van der Waals surface area contributed by atoms with E-state index >= 15 is 0 Å². The number of methoxy groups -OCH3 is 1. The molecule has 2 aromatic heterocycles. The first kappa shape index (κ1) is 14.6. The summed E-state index contributed by atoms with van der Waals surface area (Å²) >= 11 is 0. The topological polar surface area (TPSA) is 39.1 Å². The molecule has 0 aliphatic heterocycles. The van der Waals surface area contributed by atoms with E-state index in [2.05, 4.69) is 47.2 Å². The average Bonchev–Trinajstić information content (AvgIpc) is 2.87. The summed E-state index contributed by atoms with van der Waals surface area (Å²) in [5.74, 6) is 0.862. The molecule has 0 saturated heterocycles. The van der Waals surface area contributed by atoms with Gasteiger partial charge in [0.1, 0.15) is 5.75 Å². The van der Waals surface area contributed by atoms with E-state index in [1.807, 2.05) is 19.1 Å². The van der Waals surface area contributed by atoms with Crippen LogP contribution in [0.25, 0.3) is 0 Å². The summed E-state index contributed by atoms with van der Waals surface area (Å²) in [4.78, 5) is 4.55. The van der Waals surface area contributed by atoms with Gasteiger partial charge in [-0.05, 0) is 32.0 Å². The molecule has 0 fully saturated rings. The molecule has 2 aromatic rings. The second-order valence-corrected chi connectivity index (χ2v) is 5.04. The summed E-state index contributed by atoms with van der Waals surface area (Å²) in [5.41, 5.74) is 3.29. The van der Waals surface area contributed by atoms with Crippen molar-refractivity contribution in [1.82, 2.24) is 14.9 Å². The molecule has 4 nitrogen and oxygen atoms in total. The highest BCUT2D eigenvalue weighted by Crippen LogP contribution is 2.16. The van der Waals surface area contributed by atoms with Crippen molar-refractivity contribution in [1.29, 1.82) is 0 Å². The van der Waals surface area contributed by atoms with Crippen molar-refractivity contribution < 1.29 is 4.74 Å². The minimum atomic E-state index is 0.376. The van der Waals surface area contributed by atoms with Crippen LogP contribution in [-0.2, 0) is 6.54 Å². The van der Waals surface area contributed by atoms with Gasteiger partial charge in [-0.2, -0.15) is 0 Å². The lowest BCUT2D eigenvalue weighted by molar-refractivity contribution is 0.413. The van der Waals surface area contributed by atoms with Crippen molar-refractivity contribution in [2.24, 2.45) is 0 Å². The lowest BCUT2D eigenvalue weighted by Gasteiger charge is -2.10. The summed E-state index contributed by atoms with van der Waals surface area (Å²) < 4.78 is 7.45. The van der Waals surface area contributed by atoms with Crippen molar-refractivity contribution >= 4 is 0 Å². The standard InChI is InChI=1S/C16H23N3O/c1-5-17-13(3)14-6-7-19(10-14)11-15-9-16(20-4)8-12(2)18-15/h6-10,13,17H,5,11H2,1-4H3. The van der Waals surface area contributed by atoms with Crippen LogP contribution in [0, 0.1) is 6.92 Å². The third-order valence-corrected chi connectivity index (χ3v) is 3.34. The zero-order valence-electron chi connectivity index (χ0n) is 12.7. The SMILES string of the molecule is CCNC(C)c1ccn(Cc2cc(OC)cc(C)n2)c1. The lowest BCUT2D eigenvalue weighted by Crippen LogP contribution is -2.17. The van der Waals surface area contributed by atoms with E-state index in [0.29, 0.717) is 6.04 Å². The van der Waals surface area contributed by atoms with Gasteiger partial charge in [-0.25, -0.2) is 0 Å². The van der Waals surface area contributed by atoms with Gasteiger partial charge in [0.15, 0.2) is 0 Å². The van der Waals surface area contributed by atoms with Gasteiger partial charge in [0.25, 0.3) is 0 Å². The average molecular weight is 273 g/mol. The fourth-order valence-corrected chi connectivity index (χ4v) is 2.33. The summed E-state index contributed by atoms with van der Waals surface area (Å²) in [5, 5.41) is 3.42. The first-order valence-corrected chi connectivity index (χ1v) is 7.03. The molecular formula is C16H23N3O. The zero-order chi connectivity index (χ0) is 14.5. The number of aromatic nitrogens is 2. The number of nitrogens with zero attached hydrogens (tertiary/aromatic N) is 2. The number of ether oxygens (including phenoxy) is 1. The maximum absolute atomic E-state index is 5.29. The molecule has 0 aliphatic rings. The quantitative estimate of drug-likeness (QED) is 0.879. The first-order chi connectivity index (χ1) is 9.62. The van der Waals surface area contributed by atoms with E-state index < -0.39 is 0 Å². The molecular weight excluding hydrogens is 250 g/mol. The van der Waals surface area contributed by atoms with E-state index in [1.54, 1.807) is 7.11 Å². The van der Waals surface area contributed by atoms with Crippen LogP contribution in [-0.4, -0.2) is 23.2 Å². The summed E-state index contributed by atoms with van der Waals surface area (Å²) in [7, 11) is 1.68. The van der Waals surface area contributed by atoms with Gasteiger partial charge in [-0.1, -0.05) is 6.92 Å². The fourth-order valence-electron chi connectivity index (χ4n) is 2.33. The number of hydrogen-bond donors (Lipinski definition) is 1. The van der Waals surface area contributed by atoms with Gasteiger partial charge in [0.05, 0.1) is 19.3 Å². The molecule has 0 aromatic carbocycles. The monoisotopic (exact) mass is 273 g/mol. The van der Waals surface area contributed by atoms with Gasteiger partial charge in [-0.15, -0.1) is 0 Å². The highest BCUT2D eigenvalue weighted by atomic mass is 16.5. The molecule has 0 saturated carbocycles. The minimum Gasteiger partial charge on any atom is -0.497 e. The number of pyridine rings is 1. The van der Waals surface area contributed by atoms with Crippen LogP contribution < -0.4 is 10.1 Å². The second kappa shape index (κ2) is 6.57. The maximum atomic E-state index is 5.29. The molecule has 0 aliphatic carbocycles. The summed E-state index contributed by atoms with van der Waals surface area (Å²) in [6.45, 7) is 8.02. The Kier molecular flexibility index (Phi) is 4.79. The van der Waals surface area contributed by atoms with Gasteiger partial charge < -0.3 is 14.6 Å². The van der Waals surface area contributed by atoms with Gasteiger partial charge >= 0.3 is 0 Å². The third kappa shape index (κ3) is 3.61. The number of aryl methyl sites for hydroxylation is 1. The highest BCUT2D eigenvalue weighted by molar-refractivity contribution is 5.27. The van der Waals surface area contributed by atoms with Gasteiger partial charge in [-0.3, -0.25) is 4.98 Å². The van der Waals surface area contributed by atoms with Crippen molar-refractivity contribution in [2.75, 3.05) is 13.7 Å². The molecule has 0 bridgehead atoms. The van der Waals surface area contributed by atoms with Crippen LogP contribution in [0.5, 0.6) is 5.75 Å². The lowest BCUT2D eigenvalue weighted by atomic mass is 10.2. The van der Waals surface area contributed by atoms with E-state index in [9.17, 15) is 0 Å². The predicted octanol–water partition coefficient (Wildman–Crippen LogP) is 2.92. The summed E-state index contributed by atoms with van der Waals surface area (Å²) in [6.07, 6.45) is 4.27. The number of hydrogen-bond acceptors (Lipinski definition) is 3. The van der Waals surface area contributed by atoms with Gasteiger partial charge in [0, 0.05) is 36.3 Å². The van der Waals surface area contributed by atoms with Crippen LogP contribution in [0.2, 0.25) is 0 Å². The van der Waals surface area contributed by atoms with E-state index in [-0.39, 0.29) is 0 Å². The Bertz CT molecular complexity index is 563. The Labute approximate surface area is 120 Å². The third-order valence-electron chi connectivity index (χ3n) is 3.34. The Hall–Kier alpha value is -1.81. The Morgan fingerprint density at radius 2 is 2.20 bits per heavy atom. The molecule has 0 amide bonds. The van der Waals surface area contributed by atoms with E-state index in [4.69, 9.17) is 4.74 Å². The first-order valence-electron chi connectivity index (χ1n) is 7.03. The number of rotatable bonds is 6. The van der Waals surface area contributed by atoms with Crippen LogP contribution in [0.15, 0.2) is 30.6 Å². The maximum Gasteiger partial charge on any atom is 0.122 e. The number of nitrogens with one attached hydrogen (secondary N) is 1. The highest BCUT2D eigenvalue weighted by Gasteiger charge is 2.07. The normalized spacial score (nSPS) is 12.4. The van der Waals surface area contributed by atoms with Crippen LogP contribution in [0.4, 0.5) is 0 Å². The Morgan fingerprint density at radius 3 is 2.90 bits per heavy atom. The largest absolute Gasteiger partial charge is 0.497 e. The molecule has 1 unspecified atom stereocenters. The summed E-state index contributed by atoms with van der Waals surface area (Å²) in [6, 6.07) is 6.46. The molecule has 0 radical (unpaired) electrons. The van der Waals surface area contributed by atoms with Crippen LogP contribution >= 0.6 is 0 Å². The van der Waals surface area contributed by atoms with E-state index in [1.165, 1.54) is 5.56 Å². The minimum absolute atomic E-state index is 0.376. The molecule has 1 atom stereocenters. The predicted molar refractivity (Wildman–Crippen MR) is 81.2 cm³/mol. The molecule has 2 rings (SSSR count). The molecule has 1 N–H and O–H groups in total. The van der Waals surface area contributed by atoms with Crippen LogP contribution in [0.1, 0.15) is 36.8 Å². The molecule has 0 spiro atoms. The van der Waals surface area contributed by atoms with E-state index in [0.717, 1.165) is 30.2 Å². The smallest absolute Gasteiger partial charge is 0.122 e. The molecule has 20 heavy (non-hydrogen) atoms. The van der Waals surface area contributed by atoms with Crippen molar-refractivity contribution in [3.05, 3.63) is 47.5 Å². The van der Waals surface area contributed by atoms with Crippen LogP contribution in [0.3, 0.4) is 0 Å². The molecule has 4 heteroatoms. The molecule has 2 heterocycles.